The molecule has 2 aromatic carbocycles. The third-order valence-corrected chi connectivity index (χ3v) is 4.82. The summed E-state index contributed by atoms with van der Waals surface area (Å²) in [6.07, 6.45) is 0. The number of carbonyl (C=O) groups is 2. The molecular formula is C25H34N2O3. The maximum Gasteiger partial charge on any atom is 0.261 e. The van der Waals surface area contributed by atoms with Crippen molar-refractivity contribution in [1.82, 2.24) is 10.2 Å². The van der Waals surface area contributed by atoms with Crippen LogP contribution in [-0.4, -0.2) is 34.9 Å². The minimum Gasteiger partial charge on any atom is -0.483 e. The van der Waals surface area contributed by atoms with Gasteiger partial charge in [-0.25, -0.2) is 0 Å². The largest absolute Gasteiger partial charge is 0.483 e. The van der Waals surface area contributed by atoms with E-state index in [-0.39, 0.29) is 24.0 Å². The molecule has 0 spiro atoms. The molecule has 0 aliphatic carbocycles. The number of nitrogens with one attached hydrogen (secondary N) is 1. The summed E-state index contributed by atoms with van der Waals surface area (Å²) >= 11 is 0. The van der Waals surface area contributed by atoms with E-state index >= 15 is 0 Å². The summed E-state index contributed by atoms with van der Waals surface area (Å²) in [5.41, 5.74) is 3.86. The average Bonchev–Trinajstić information content (AvgIpc) is 2.64. The van der Waals surface area contributed by atoms with E-state index in [1.165, 1.54) is 0 Å². The first-order chi connectivity index (χ1) is 14.0. The summed E-state index contributed by atoms with van der Waals surface area (Å²) < 4.78 is 5.80. The van der Waals surface area contributed by atoms with Crippen molar-refractivity contribution in [3.8, 4) is 5.75 Å². The Morgan fingerprint density at radius 3 is 2.17 bits per heavy atom. The summed E-state index contributed by atoms with van der Waals surface area (Å²) in [6.45, 7) is 13.7. The van der Waals surface area contributed by atoms with Crippen molar-refractivity contribution in [3.63, 3.8) is 0 Å². The zero-order chi connectivity index (χ0) is 22.5. The number of ether oxygens (including phenoxy) is 1. The Morgan fingerprint density at radius 2 is 1.60 bits per heavy atom. The molecule has 0 radical (unpaired) electrons. The maximum absolute atomic E-state index is 13.1. The summed E-state index contributed by atoms with van der Waals surface area (Å²) in [5, 5.41) is 2.96. The van der Waals surface area contributed by atoms with Crippen LogP contribution < -0.4 is 10.1 Å². The molecule has 0 saturated heterocycles. The molecule has 0 fully saturated rings. The Morgan fingerprint density at radius 1 is 1.00 bits per heavy atom. The molecule has 0 bridgehead atoms. The van der Waals surface area contributed by atoms with E-state index in [1.54, 1.807) is 11.8 Å². The SMILES string of the molecule is Cc1ccc(CN(C(=O)COc2ccc(C)cc2C)[C@@H](C)C(=O)NC(C)(C)C)cc1. The number of nitrogens with zero attached hydrogens (tertiary/aromatic N) is 1. The Balaban J connectivity index is 2.18. The molecule has 2 aromatic rings. The highest BCUT2D eigenvalue weighted by Crippen LogP contribution is 2.19. The smallest absolute Gasteiger partial charge is 0.261 e. The first-order valence-corrected chi connectivity index (χ1v) is 10.3. The summed E-state index contributed by atoms with van der Waals surface area (Å²) in [7, 11) is 0. The van der Waals surface area contributed by atoms with Crippen LogP contribution in [0.5, 0.6) is 5.75 Å². The van der Waals surface area contributed by atoms with Gasteiger partial charge in [0.05, 0.1) is 0 Å². The highest BCUT2D eigenvalue weighted by Gasteiger charge is 2.28. The summed E-state index contributed by atoms with van der Waals surface area (Å²) in [5.74, 6) is 0.262. The molecule has 0 aromatic heterocycles. The van der Waals surface area contributed by atoms with Gasteiger partial charge in [0, 0.05) is 12.1 Å². The van der Waals surface area contributed by atoms with Crippen LogP contribution in [0.1, 0.15) is 49.9 Å². The summed E-state index contributed by atoms with van der Waals surface area (Å²) in [6, 6.07) is 13.2. The predicted octanol–water partition coefficient (Wildman–Crippen LogP) is 4.32. The molecule has 30 heavy (non-hydrogen) atoms. The lowest BCUT2D eigenvalue weighted by molar-refractivity contribution is -0.142. The van der Waals surface area contributed by atoms with Gasteiger partial charge in [-0.2, -0.15) is 0 Å². The molecule has 5 nitrogen and oxygen atoms in total. The Bertz CT molecular complexity index is 882. The third kappa shape index (κ3) is 6.90. The monoisotopic (exact) mass is 410 g/mol. The minimum atomic E-state index is -0.624. The van der Waals surface area contributed by atoms with Crippen LogP contribution in [0.4, 0.5) is 0 Å². The zero-order valence-electron chi connectivity index (χ0n) is 19.2. The van der Waals surface area contributed by atoms with E-state index < -0.39 is 6.04 Å². The lowest BCUT2D eigenvalue weighted by Crippen LogP contribution is -2.53. The Kier molecular flexibility index (Phi) is 7.65. The first-order valence-electron chi connectivity index (χ1n) is 10.3. The quantitative estimate of drug-likeness (QED) is 0.739. The van der Waals surface area contributed by atoms with Crippen LogP contribution in [0, 0.1) is 20.8 Å². The van der Waals surface area contributed by atoms with E-state index in [2.05, 4.69) is 5.32 Å². The van der Waals surface area contributed by atoms with E-state index in [1.807, 2.05) is 84.0 Å². The highest BCUT2D eigenvalue weighted by atomic mass is 16.5. The lowest BCUT2D eigenvalue weighted by atomic mass is 10.1. The van der Waals surface area contributed by atoms with E-state index in [0.29, 0.717) is 12.3 Å². The lowest BCUT2D eigenvalue weighted by Gasteiger charge is -2.31. The summed E-state index contributed by atoms with van der Waals surface area (Å²) in [4.78, 5) is 27.4. The number of aryl methyl sites for hydroxylation is 3. The van der Waals surface area contributed by atoms with Crippen molar-refractivity contribution in [2.45, 2.75) is 66.6 Å². The van der Waals surface area contributed by atoms with E-state index in [4.69, 9.17) is 4.74 Å². The molecule has 0 unspecified atom stereocenters. The van der Waals surface area contributed by atoms with Gasteiger partial charge in [0.15, 0.2) is 6.61 Å². The molecule has 162 valence electrons. The van der Waals surface area contributed by atoms with Gasteiger partial charge in [0.25, 0.3) is 5.91 Å². The van der Waals surface area contributed by atoms with Gasteiger partial charge in [-0.05, 0) is 65.7 Å². The topological polar surface area (TPSA) is 58.6 Å². The molecule has 1 atom stereocenters. The molecule has 0 heterocycles. The standard InChI is InChI=1S/C25H34N2O3/c1-17-8-11-21(12-9-17)15-27(20(4)24(29)26-25(5,6)7)23(28)16-30-22-13-10-18(2)14-19(22)3/h8-14,20H,15-16H2,1-7H3,(H,26,29)/t20-/m0/s1. The number of benzene rings is 2. The normalized spacial score (nSPS) is 12.2. The fourth-order valence-corrected chi connectivity index (χ4v) is 3.13. The number of rotatable bonds is 7. The number of hydrogen-bond donors (Lipinski definition) is 1. The van der Waals surface area contributed by atoms with Crippen molar-refractivity contribution in [2.24, 2.45) is 0 Å². The number of carbonyl (C=O) groups excluding carboxylic acids is 2. The molecule has 0 aliphatic rings. The Hall–Kier alpha value is -2.82. The van der Waals surface area contributed by atoms with Gasteiger partial charge >= 0.3 is 0 Å². The van der Waals surface area contributed by atoms with Crippen molar-refractivity contribution in [2.75, 3.05) is 6.61 Å². The Labute approximate surface area is 180 Å². The highest BCUT2D eigenvalue weighted by molar-refractivity contribution is 5.88. The van der Waals surface area contributed by atoms with Gasteiger partial charge < -0.3 is 15.0 Å². The van der Waals surface area contributed by atoms with Crippen molar-refractivity contribution >= 4 is 11.8 Å². The van der Waals surface area contributed by atoms with Gasteiger partial charge in [-0.3, -0.25) is 9.59 Å². The number of hydrogen-bond acceptors (Lipinski definition) is 3. The van der Waals surface area contributed by atoms with E-state index in [9.17, 15) is 9.59 Å². The molecule has 0 aliphatic heterocycles. The fourth-order valence-electron chi connectivity index (χ4n) is 3.13. The van der Waals surface area contributed by atoms with Crippen LogP contribution in [-0.2, 0) is 16.1 Å². The van der Waals surface area contributed by atoms with Gasteiger partial charge in [-0.1, -0.05) is 47.5 Å². The second-order valence-corrected chi connectivity index (χ2v) is 8.98. The van der Waals surface area contributed by atoms with Crippen molar-refractivity contribution in [1.29, 1.82) is 0 Å². The molecule has 0 saturated carbocycles. The van der Waals surface area contributed by atoms with E-state index in [0.717, 1.165) is 22.3 Å². The second-order valence-electron chi connectivity index (χ2n) is 8.98. The molecule has 5 heteroatoms. The van der Waals surface area contributed by atoms with Gasteiger partial charge in [0.2, 0.25) is 5.91 Å². The van der Waals surface area contributed by atoms with Crippen LogP contribution in [0.25, 0.3) is 0 Å². The predicted molar refractivity (Wildman–Crippen MR) is 120 cm³/mol. The first kappa shape index (κ1) is 23.5. The van der Waals surface area contributed by atoms with Crippen molar-refractivity contribution < 1.29 is 14.3 Å². The molecule has 1 N–H and O–H groups in total. The molecule has 2 amide bonds. The maximum atomic E-state index is 13.1. The van der Waals surface area contributed by atoms with Crippen LogP contribution >= 0.6 is 0 Å². The van der Waals surface area contributed by atoms with Crippen LogP contribution in [0.2, 0.25) is 0 Å². The number of amides is 2. The van der Waals surface area contributed by atoms with Gasteiger partial charge in [-0.15, -0.1) is 0 Å². The van der Waals surface area contributed by atoms with Gasteiger partial charge in [0.1, 0.15) is 11.8 Å². The molecule has 2 rings (SSSR count). The average molecular weight is 411 g/mol. The minimum absolute atomic E-state index is 0.122. The van der Waals surface area contributed by atoms with Crippen LogP contribution in [0.15, 0.2) is 42.5 Å². The third-order valence-electron chi connectivity index (χ3n) is 4.82. The van der Waals surface area contributed by atoms with Crippen molar-refractivity contribution in [3.05, 3.63) is 64.7 Å². The molecular weight excluding hydrogens is 376 g/mol. The second kappa shape index (κ2) is 9.79. The van der Waals surface area contributed by atoms with Crippen LogP contribution in [0.3, 0.4) is 0 Å². The zero-order valence-corrected chi connectivity index (χ0v) is 19.2. The fraction of sp³-hybridized carbons (Fsp3) is 0.440.